The maximum Gasteiger partial charge on any atom is 0.574 e. The number of halogens is 7. The highest BCUT2D eigenvalue weighted by atomic mass is 35.7. The summed E-state index contributed by atoms with van der Waals surface area (Å²) < 4.78 is 99.2. The minimum Gasteiger partial charge on any atom is -0.381 e. The zero-order valence-corrected chi connectivity index (χ0v) is 11.1. The van der Waals surface area contributed by atoms with Gasteiger partial charge in [-0.05, 0) is 6.07 Å². The molecule has 0 spiro atoms. The average molecular weight is 375 g/mol. The van der Waals surface area contributed by atoms with Gasteiger partial charge in [-0.2, -0.15) is 18.2 Å². The number of nitro groups is 1. The molecule has 0 fully saturated rings. The summed E-state index contributed by atoms with van der Waals surface area (Å²) >= 11 is 0. The quantitative estimate of drug-likeness (QED) is 0.349. The van der Waals surface area contributed by atoms with Gasteiger partial charge in [0.2, 0.25) is 0 Å². The van der Waals surface area contributed by atoms with E-state index in [4.69, 9.17) is 10.7 Å². The number of ether oxygens (including phenoxy) is 1. The third kappa shape index (κ3) is 4.33. The molecule has 0 atom stereocenters. The first-order valence-electron chi connectivity index (χ1n) is 4.60. The van der Waals surface area contributed by atoms with E-state index in [1.165, 1.54) is 0 Å². The van der Waals surface area contributed by atoms with Crippen LogP contribution in [0, 0.1) is 10.1 Å². The van der Waals surface area contributed by atoms with E-state index < -0.39 is 48.7 Å². The monoisotopic (exact) mass is 374 g/mol. The third-order valence-corrected chi connectivity index (χ3v) is 3.07. The number of nitrogens with zero attached hydrogens (tertiary/aromatic N) is 2. The lowest BCUT2D eigenvalue weighted by Gasteiger charge is -2.13. The van der Waals surface area contributed by atoms with Gasteiger partial charge in [-0.15, -0.1) is 13.2 Å². The smallest absolute Gasteiger partial charge is 0.381 e. The van der Waals surface area contributed by atoms with Crippen molar-refractivity contribution in [3.63, 3.8) is 0 Å². The Balaban J connectivity index is 3.82. The van der Waals surface area contributed by atoms with Gasteiger partial charge < -0.3 is 4.74 Å². The third-order valence-electron chi connectivity index (χ3n) is 1.89. The van der Waals surface area contributed by atoms with Crippen LogP contribution >= 0.6 is 10.7 Å². The molecule has 0 amide bonds. The molecule has 0 unspecified atom stereocenters. The fourth-order valence-corrected chi connectivity index (χ4v) is 1.88. The summed E-state index contributed by atoms with van der Waals surface area (Å²) in [7, 11) is -0.324. The van der Waals surface area contributed by atoms with Crippen molar-refractivity contribution < 1.29 is 44.4 Å². The molecule has 0 saturated heterocycles. The maximum atomic E-state index is 12.7. The van der Waals surface area contributed by atoms with E-state index in [9.17, 15) is 44.9 Å². The van der Waals surface area contributed by atoms with E-state index in [1.807, 2.05) is 0 Å². The van der Waals surface area contributed by atoms with Gasteiger partial charge in [-0.3, -0.25) is 10.1 Å². The summed E-state index contributed by atoms with van der Waals surface area (Å²) in [5, 5.41) is 8.88. The zero-order chi connectivity index (χ0) is 17.5. The summed E-state index contributed by atoms with van der Waals surface area (Å²) in [5.41, 5.74) is -4.51. The first kappa shape index (κ1) is 18.2. The lowest BCUT2D eigenvalue weighted by Crippen LogP contribution is -2.21. The molecule has 0 radical (unpaired) electrons. The number of hydrogen-bond donors (Lipinski definition) is 0. The Morgan fingerprint density at radius 1 is 1.23 bits per heavy atom. The molecule has 0 aromatic carbocycles. The first-order chi connectivity index (χ1) is 9.63. The molecule has 0 saturated carbocycles. The van der Waals surface area contributed by atoms with Gasteiger partial charge in [0.1, 0.15) is 5.56 Å². The molecular weight excluding hydrogens is 374 g/mol. The number of aromatic nitrogens is 1. The topological polar surface area (TPSA) is 99.4 Å². The minimum absolute atomic E-state index is 0.371. The van der Waals surface area contributed by atoms with Crippen molar-refractivity contribution >= 4 is 25.4 Å². The van der Waals surface area contributed by atoms with Crippen LogP contribution in [0.4, 0.5) is 32.0 Å². The molecular formula is C7HClF6N2O5S. The molecule has 0 aliphatic carbocycles. The minimum atomic E-state index is -5.66. The number of pyridine rings is 1. The fraction of sp³-hybridized carbons (Fsp3) is 0.286. The molecule has 1 heterocycles. The Morgan fingerprint density at radius 3 is 2.05 bits per heavy atom. The Morgan fingerprint density at radius 2 is 1.73 bits per heavy atom. The highest BCUT2D eigenvalue weighted by Crippen LogP contribution is 2.43. The summed E-state index contributed by atoms with van der Waals surface area (Å²) in [6.45, 7) is 0. The Labute approximate surface area is 121 Å². The Bertz CT molecular complexity index is 715. The van der Waals surface area contributed by atoms with Gasteiger partial charge in [0.25, 0.3) is 9.05 Å². The standard InChI is InChI=1S/C7HClF6N2O5S/c8-22(19,20)3-1-2(6(9,10)11)4(16(17)18)5(15-3)21-7(12,13)14/h1H. The van der Waals surface area contributed by atoms with E-state index in [2.05, 4.69) is 9.72 Å². The maximum absolute atomic E-state index is 12.7. The van der Waals surface area contributed by atoms with Crippen molar-refractivity contribution in [3.8, 4) is 5.88 Å². The van der Waals surface area contributed by atoms with Crippen LogP contribution in [0.1, 0.15) is 5.56 Å². The molecule has 15 heteroatoms. The molecule has 1 aromatic heterocycles. The van der Waals surface area contributed by atoms with E-state index in [1.54, 1.807) is 0 Å². The van der Waals surface area contributed by atoms with E-state index in [0.29, 0.717) is 0 Å². The Kier molecular flexibility index (Phi) is 4.49. The SMILES string of the molecule is O=[N+]([O-])c1c(C(F)(F)F)cc(S(=O)(=O)Cl)nc1OC(F)(F)F. The second-order valence-electron chi connectivity index (χ2n) is 3.40. The predicted octanol–water partition coefficient (Wildman–Crippen LogP) is 2.83. The largest absolute Gasteiger partial charge is 0.574 e. The molecule has 0 aliphatic rings. The van der Waals surface area contributed by atoms with Gasteiger partial charge in [0.15, 0.2) is 5.03 Å². The molecule has 0 aliphatic heterocycles. The van der Waals surface area contributed by atoms with Gasteiger partial charge in [0, 0.05) is 10.7 Å². The van der Waals surface area contributed by atoms with Crippen molar-refractivity contribution in [1.82, 2.24) is 4.98 Å². The van der Waals surface area contributed by atoms with Crippen LogP contribution in [0.15, 0.2) is 11.1 Å². The molecule has 22 heavy (non-hydrogen) atoms. The lowest BCUT2D eigenvalue weighted by molar-refractivity contribution is -0.392. The van der Waals surface area contributed by atoms with Gasteiger partial charge in [0.05, 0.1) is 4.92 Å². The first-order valence-corrected chi connectivity index (χ1v) is 6.91. The average Bonchev–Trinajstić information content (AvgIpc) is 2.22. The van der Waals surface area contributed by atoms with Crippen LogP contribution in [0.25, 0.3) is 0 Å². The molecule has 124 valence electrons. The summed E-state index contributed by atoms with van der Waals surface area (Å²) in [6, 6.07) is -0.371. The Hall–Kier alpha value is -1.83. The summed E-state index contributed by atoms with van der Waals surface area (Å²) in [6.07, 6.45) is -11.2. The van der Waals surface area contributed by atoms with E-state index >= 15 is 0 Å². The van der Waals surface area contributed by atoms with Gasteiger partial charge in [-0.25, -0.2) is 8.42 Å². The van der Waals surface area contributed by atoms with E-state index in [-0.39, 0.29) is 6.07 Å². The van der Waals surface area contributed by atoms with Crippen molar-refractivity contribution in [2.75, 3.05) is 0 Å². The van der Waals surface area contributed by atoms with Crippen LogP contribution in [-0.2, 0) is 15.2 Å². The normalized spacial score (nSPS) is 13.0. The highest BCUT2D eigenvalue weighted by Gasteiger charge is 2.45. The van der Waals surface area contributed by atoms with Gasteiger partial charge >= 0.3 is 24.1 Å². The van der Waals surface area contributed by atoms with Crippen molar-refractivity contribution in [2.45, 2.75) is 17.6 Å². The highest BCUT2D eigenvalue weighted by molar-refractivity contribution is 8.13. The number of alkyl halides is 6. The second kappa shape index (κ2) is 5.42. The lowest BCUT2D eigenvalue weighted by atomic mass is 10.2. The van der Waals surface area contributed by atoms with E-state index in [0.717, 1.165) is 0 Å². The molecule has 0 N–H and O–H groups in total. The molecule has 1 rings (SSSR count). The summed E-state index contributed by atoms with van der Waals surface area (Å²) in [5.74, 6) is -2.20. The van der Waals surface area contributed by atoms with Crippen LogP contribution in [0.5, 0.6) is 5.88 Å². The van der Waals surface area contributed by atoms with Crippen LogP contribution < -0.4 is 4.74 Å². The molecule has 0 bridgehead atoms. The summed E-state index contributed by atoms with van der Waals surface area (Å²) in [4.78, 5) is 11.2. The molecule has 7 nitrogen and oxygen atoms in total. The number of rotatable bonds is 3. The second-order valence-corrected chi connectivity index (χ2v) is 5.92. The van der Waals surface area contributed by atoms with Crippen molar-refractivity contribution in [3.05, 3.63) is 21.7 Å². The predicted molar refractivity (Wildman–Crippen MR) is 55.6 cm³/mol. The van der Waals surface area contributed by atoms with Crippen LogP contribution in [-0.4, -0.2) is 24.7 Å². The fourth-order valence-electron chi connectivity index (χ4n) is 1.19. The van der Waals surface area contributed by atoms with Crippen molar-refractivity contribution in [1.29, 1.82) is 0 Å². The number of hydrogen-bond acceptors (Lipinski definition) is 6. The van der Waals surface area contributed by atoms with Gasteiger partial charge in [-0.1, -0.05) is 0 Å². The zero-order valence-electron chi connectivity index (χ0n) is 9.57. The van der Waals surface area contributed by atoms with Crippen LogP contribution in [0.3, 0.4) is 0 Å². The van der Waals surface area contributed by atoms with Crippen molar-refractivity contribution in [2.24, 2.45) is 0 Å². The molecule has 1 aromatic rings. The van der Waals surface area contributed by atoms with Crippen LogP contribution in [0.2, 0.25) is 0 Å².